The molecule has 1 aliphatic rings. The summed E-state index contributed by atoms with van der Waals surface area (Å²) < 4.78 is 0. The molecule has 2 N–H and O–H groups in total. The fourth-order valence-corrected chi connectivity index (χ4v) is 2.62. The van der Waals surface area contributed by atoms with E-state index in [4.69, 9.17) is 0 Å². The number of rotatable bonds is 8. The molecule has 0 spiro atoms. The van der Waals surface area contributed by atoms with Crippen LogP contribution in [0.15, 0.2) is 30.3 Å². The molecule has 19 heavy (non-hydrogen) atoms. The Hall–Kier alpha value is -0.900. The number of nitrogens with one attached hydrogen (secondary N) is 1. The van der Waals surface area contributed by atoms with Gasteiger partial charge in [-0.1, -0.05) is 30.3 Å². The SMILES string of the molecule is OC(CNCCCCN1CCCC1)c1ccccc1. The van der Waals surface area contributed by atoms with Gasteiger partial charge in [0, 0.05) is 6.54 Å². The highest BCUT2D eigenvalue weighted by Crippen LogP contribution is 2.10. The molecule has 1 atom stereocenters. The molecule has 0 radical (unpaired) electrons. The summed E-state index contributed by atoms with van der Waals surface area (Å²) in [6.45, 7) is 5.47. The number of likely N-dealkylation sites (tertiary alicyclic amines) is 1. The van der Waals surface area contributed by atoms with Crippen molar-refractivity contribution < 1.29 is 5.11 Å². The van der Waals surface area contributed by atoms with Crippen molar-refractivity contribution in [2.24, 2.45) is 0 Å². The van der Waals surface area contributed by atoms with Gasteiger partial charge in [-0.3, -0.25) is 0 Å². The highest BCUT2D eigenvalue weighted by atomic mass is 16.3. The van der Waals surface area contributed by atoms with Gasteiger partial charge >= 0.3 is 0 Å². The molecule has 0 saturated carbocycles. The Balaban J connectivity index is 1.49. The lowest BCUT2D eigenvalue weighted by molar-refractivity contribution is 0.174. The van der Waals surface area contributed by atoms with Gasteiger partial charge in [-0.15, -0.1) is 0 Å². The molecule has 1 aliphatic heterocycles. The first-order valence-corrected chi connectivity index (χ1v) is 7.52. The van der Waals surface area contributed by atoms with Gasteiger partial charge < -0.3 is 15.3 Å². The summed E-state index contributed by atoms with van der Waals surface area (Å²) >= 11 is 0. The summed E-state index contributed by atoms with van der Waals surface area (Å²) in [6, 6.07) is 9.85. The number of aliphatic hydroxyl groups excluding tert-OH is 1. The summed E-state index contributed by atoms with van der Waals surface area (Å²) in [5.41, 5.74) is 0.993. The number of nitrogens with zero attached hydrogens (tertiary/aromatic N) is 1. The van der Waals surface area contributed by atoms with E-state index in [2.05, 4.69) is 10.2 Å². The maximum atomic E-state index is 9.98. The second-order valence-corrected chi connectivity index (χ2v) is 5.39. The van der Waals surface area contributed by atoms with E-state index in [-0.39, 0.29) is 6.10 Å². The van der Waals surface area contributed by atoms with E-state index < -0.39 is 0 Å². The maximum absolute atomic E-state index is 9.98. The monoisotopic (exact) mass is 262 g/mol. The molecule has 2 rings (SSSR count). The van der Waals surface area contributed by atoms with Gasteiger partial charge in [0.2, 0.25) is 0 Å². The molecule has 1 unspecified atom stereocenters. The van der Waals surface area contributed by atoms with Gasteiger partial charge in [0.15, 0.2) is 0 Å². The minimum absolute atomic E-state index is 0.389. The standard InChI is InChI=1S/C16H26N2O/c19-16(15-8-2-1-3-9-15)14-17-10-4-5-11-18-12-6-7-13-18/h1-3,8-9,16-17,19H,4-7,10-14H2. The lowest BCUT2D eigenvalue weighted by atomic mass is 10.1. The first kappa shape index (κ1) is 14.5. The minimum atomic E-state index is -0.389. The van der Waals surface area contributed by atoms with Crippen LogP contribution in [0.3, 0.4) is 0 Å². The molecule has 1 aromatic carbocycles. The zero-order valence-electron chi connectivity index (χ0n) is 11.7. The Bertz CT molecular complexity index is 336. The van der Waals surface area contributed by atoms with Crippen LogP contribution < -0.4 is 5.32 Å². The predicted octanol–water partition coefficient (Wildman–Crippen LogP) is 2.19. The van der Waals surface area contributed by atoms with E-state index in [1.54, 1.807) is 0 Å². The van der Waals surface area contributed by atoms with Crippen molar-refractivity contribution in [2.75, 3.05) is 32.7 Å². The van der Waals surface area contributed by atoms with Crippen LogP contribution in [0.2, 0.25) is 0 Å². The van der Waals surface area contributed by atoms with Crippen LogP contribution in [0.1, 0.15) is 37.4 Å². The first-order chi connectivity index (χ1) is 9.36. The molecule has 106 valence electrons. The topological polar surface area (TPSA) is 35.5 Å². The van der Waals surface area contributed by atoms with E-state index in [1.807, 2.05) is 30.3 Å². The van der Waals surface area contributed by atoms with Crippen LogP contribution in [-0.4, -0.2) is 42.7 Å². The van der Waals surface area contributed by atoms with Crippen molar-refractivity contribution in [3.05, 3.63) is 35.9 Å². The molecule has 3 nitrogen and oxygen atoms in total. The molecule has 3 heteroatoms. The highest BCUT2D eigenvalue weighted by molar-refractivity contribution is 5.17. The third-order valence-corrected chi connectivity index (χ3v) is 3.80. The Morgan fingerprint density at radius 2 is 1.84 bits per heavy atom. The van der Waals surface area contributed by atoms with E-state index in [0.29, 0.717) is 6.54 Å². The smallest absolute Gasteiger partial charge is 0.0914 e. The third kappa shape index (κ3) is 5.31. The minimum Gasteiger partial charge on any atom is -0.387 e. The van der Waals surface area contributed by atoms with Crippen LogP contribution in [-0.2, 0) is 0 Å². The molecule has 1 aromatic rings. The number of hydrogen-bond acceptors (Lipinski definition) is 3. The van der Waals surface area contributed by atoms with Crippen molar-refractivity contribution >= 4 is 0 Å². The average molecular weight is 262 g/mol. The highest BCUT2D eigenvalue weighted by Gasteiger charge is 2.10. The van der Waals surface area contributed by atoms with Gasteiger partial charge in [0.05, 0.1) is 6.10 Å². The molecule has 1 saturated heterocycles. The van der Waals surface area contributed by atoms with E-state index in [0.717, 1.165) is 12.1 Å². The Labute approximate surface area is 116 Å². The molecule has 0 amide bonds. The fraction of sp³-hybridized carbons (Fsp3) is 0.625. The maximum Gasteiger partial charge on any atom is 0.0914 e. The Kier molecular flexibility index (Phi) is 6.34. The van der Waals surface area contributed by atoms with Crippen molar-refractivity contribution in [3.8, 4) is 0 Å². The number of unbranched alkanes of at least 4 members (excludes halogenated alkanes) is 1. The van der Waals surface area contributed by atoms with Gasteiger partial charge in [-0.05, 0) is 57.4 Å². The summed E-state index contributed by atoms with van der Waals surface area (Å²) in [5.74, 6) is 0. The number of aliphatic hydroxyl groups is 1. The van der Waals surface area contributed by atoms with Crippen molar-refractivity contribution in [3.63, 3.8) is 0 Å². The number of benzene rings is 1. The second kappa shape index (κ2) is 8.31. The van der Waals surface area contributed by atoms with Crippen molar-refractivity contribution in [1.82, 2.24) is 10.2 Å². The molecule has 0 bridgehead atoms. The molecule has 1 fully saturated rings. The first-order valence-electron chi connectivity index (χ1n) is 7.52. The van der Waals surface area contributed by atoms with Gasteiger partial charge in [-0.25, -0.2) is 0 Å². The quantitative estimate of drug-likeness (QED) is 0.705. The summed E-state index contributed by atoms with van der Waals surface area (Å²) in [5, 5.41) is 13.3. The zero-order chi connectivity index (χ0) is 13.3. The van der Waals surface area contributed by atoms with Crippen LogP contribution in [0.25, 0.3) is 0 Å². The Morgan fingerprint density at radius 1 is 1.11 bits per heavy atom. The van der Waals surface area contributed by atoms with Crippen LogP contribution in [0.4, 0.5) is 0 Å². The van der Waals surface area contributed by atoms with Gasteiger partial charge in [0.1, 0.15) is 0 Å². The van der Waals surface area contributed by atoms with Crippen molar-refractivity contribution in [1.29, 1.82) is 0 Å². The number of hydrogen-bond donors (Lipinski definition) is 2. The predicted molar refractivity (Wildman–Crippen MR) is 79.2 cm³/mol. The molecule has 1 heterocycles. The fourth-order valence-electron chi connectivity index (χ4n) is 2.62. The van der Waals surface area contributed by atoms with Gasteiger partial charge in [-0.2, -0.15) is 0 Å². The molecule has 0 aromatic heterocycles. The lowest BCUT2D eigenvalue weighted by Gasteiger charge is -2.15. The largest absolute Gasteiger partial charge is 0.387 e. The van der Waals surface area contributed by atoms with Crippen molar-refractivity contribution in [2.45, 2.75) is 31.8 Å². The molecular formula is C16H26N2O. The second-order valence-electron chi connectivity index (χ2n) is 5.39. The van der Waals surface area contributed by atoms with Gasteiger partial charge in [0.25, 0.3) is 0 Å². The van der Waals surface area contributed by atoms with Crippen LogP contribution in [0.5, 0.6) is 0 Å². The lowest BCUT2D eigenvalue weighted by Crippen LogP contribution is -2.24. The van der Waals surface area contributed by atoms with E-state index in [1.165, 1.54) is 45.3 Å². The van der Waals surface area contributed by atoms with E-state index in [9.17, 15) is 5.11 Å². The molecule has 0 aliphatic carbocycles. The summed E-state index contributed by atoms with van der Waals surface area (Å²) in [4.78, 5) is 2.55. The third-order valence-electron chi connectivity index (χ3n) is 3.80. The van der Waals surface area contributed by atoms with E-state index >= 15 is 0 Å². The summed E-state index contributed by atoms with van der Waals surface area (Å²) in [7, 11) is 0. The Morgan fingerprint density at radius 3 is 2.58 bits per heavy atom. The average Bonchev–Trinajstić information content (AvgIpc) is 2.96. The zero-order valence-corrected chi connectivity index (χ0v) is 11.7. The van der Waals surface area contributed by atoms with Crippen LogP contribution >= 0.6 is 0 Å². The molecular weight excluding hydrogens is 236 g/mol. The summed E-state index contributed by atoms with van der Waals surface area (Å²) in [6.07, 6.45) is 4.81. The van der Waals surface area contributed by atoms with Crippen LogP contribution in [0, 0.1) is 0 Å². The normalized spacial score (nSPS) is 17.7.